The minimum atomic E-state index is -0.791. The molecule has 126 valence electrons. The molecule has 23 heavy (non-hydrogen) atoms. The van der Waals surface area contributed by atoms with Gasteiger partial charge in [0.05, 0.1) is 5.41 Å². The largest absolute Gasteiger partial charge is 0.507 e. The number of carbonyl (C=O) groups excluding carboxylic acids is 2. The number of hydrogen-bond acceptors (Lipinski definition) is 3. The summed E-state index contributed by atoms with van der Waals surface area (Å²) in [7, 11) is 0. The van der Waals surface area contributed by atoms with Gasteiger partial charge in [0.2, 0.25) is 0 Å². The molecule has 1 aliphatic carbocycles. The summed E-state index contributed by atoms with van der Waals surface area (Å²) in [4.78, 5) is 25.5. The maximum Gasteiger partial charge on any atom is 0.180 e. The molecule has 0 aliphatic heterocycles. The van der Waals surface area contributed by atoms with Crippen molar-refractivity contribution in [2.45, 2.75) is 54.4 Å². The second-order valence-corrected chi connectivity index (χ2v) is 7.07. The van der Waals surface area contributed by atoms with E-state index >= 15 is 0 Å². The molecule has 0 radical (unpaired) electrons. The second kappa shape index (κ2) is 7.58. The number of allylic oxidation sites excluding steroid dienone is 7. The Bertz CT molecular complexity index is 585. The lowest BCUT2D eigenvalue weighted by Crippen LogP contribution is -2.36. The Balaban J connectivity index is 3.35. The van der Waals surface area contributed by atoms with Crippen molar-refractivity contribution in [3.63, 3.8) is 0 Å². The van der Waals surface area contributed by atoms with Gasteiger partial charge >= 0.3 is 0 Å². The van der Waals surface area contributed by atoms with Crippen molar-refractivity contribution in [3.05, 3.63) is 46.8 Å². The molecular weight excluding hydrogens is 288 g/mol. The quantitative estimate of drug-likeness (QED) is 0.562. The zero-order valence-corrected chi connectivity index (χ0v) is 15.1. The molecule has 0 amide bonds. The Hall–Kier alpha value is -1.90. The van der Waals surface area contributed by atoms with Crippen LogP contribution in [0.3, 0.4) is 0 Å². The Kier molecular flexibility index (Phi) is 6.31. The summed E-state index contributed by atoms with van der Waals surface area (Å²) in [5, 5.41) is 10.1. The smallest absolute Gasteiger partial charge is 0.180 e. The first-order valence-corrected chi connectivity index (χ1v) is 8.09. The second-order valence-electron chi connectivity index (χ2n) is 7.07. The van der Waals surface area contributed by atoms with Gasteiger partial charge in [-0.3, -0.25) is 9.59 Å². The van der Waals surface area contributed by atoms with E-state index in [9.17, 15) is 14.7 Å². The van der Waals surface area contributed by atoms with Crippen molar-refractivity contribution in [3.8, 4) is 0 Å². The zero-order chi connectivity index (χ0) is 17.8. The van der Waals surface area contributed by atoms with Crippen LogP contribution in [0.15, 0.2) is 46.8 Å². The van der Waals surface area contributed by atoms with Gasteiger partial charge in [-0.2, -0.15) is 0 Å². The van der Waals surface area contributed by atoms with Crippen LogP contribution in [0.4, 0.5) is 0 Å². The van der Waals surface area contributed by atoms with Gasteiger partial charge < -0.3 is 5.11 Å². The van der Waals surface area contributed by atoms with Crippen LogP contribution < -0.4 is 0 Å². The van der Waals surface area contributed by atoms with E-state index in [2.05, 4.69) is 0 Å². The minimum Gasteiger partial charge on any atom is -0.507 e. The van der Waals surface area contributed by atoms with E-state index in [1.807, 2.05) is 39.8 Å². The van der Waals surface area contributed by atoms with Crippen LogP contribution in [-0.2, 0) is 9.59 Å². The molecule has 0 aromatic heterocycles. The fraction of sp³-hybridized carbons (Fsp3) is 0.500. The molecule has 1 N–H and O–H groups in total. The van der Waals surface area contributed by atoms with Gasteiger partial charge in [-0.05, 0) is 46.6 Å². The summed E-state index contributed by atoms with van der Waals surface area (Å²) in [5.74, 6) is -1.10. The lowest BCUT2D eigenvalue weighted by atomic mass is 9.70. The Morgan fingerprint density at radius 3 is 2.00 bits per heavy atom. The van der Waals surface area contributed by atoms with Gasteiger partial charge in [-0.15, -0.1) is 0 Å². The number of hydrogen-bond donors (Lipinski definition) is 1. The van der Waals surface area contributed by atoms with Crippen molar-refractivity contribution < 1.29 is 14.7 Å². The van der Waals surface area contributed by atoms with Crippen molar-refractivity contribution in [1.82, 2.24) is 0 Å². The van der Waals surface area contributed by atoms with E-state index in [0.29, 0.717) is 12.8 Å². The highest BCUT2D eigenvalue weighted by atomic mass is 16.3. The van der Waals surface area contributed by atoms with Crippen LogP contribution in [-0.4, -0.2) is 16.7 Å². The zero-order valence-electron chi connectivity index (χ0n) is 15.1. The summed E-state index contributed by atoms with van der Waals surface area (Å²) >= 11 is 0. The van der Waals surface area contributed by atoms with Crippen LogP contribution in [0.5, 0.6) is 0 Å². The number of aliphatic hydroxyl groups excluding tert-OH is 1. The SMILES string of the molecule is CC(C)=CCC1(CC=C(C)C)C=CC(O)=C(C(=O)C(C)C)C1=O. The fourth-order valence-corrected chi connectivity index (χ4v) is 2.47. The van der Waals surface area contributed by atoms with E-state index < -0.39 is 5.41 Å². The maximum absolute atomic E-state index is 13.1. The first kappa shape index (κ1) is 19.1. The molecule has 0 aromatic rings. The molecule has 1 aliphatic rings. The van der Waals surface area contributed by atoms with Crippen molar-refractivity contribution in [1.29, 1.82) is 0 Å². The molecule has 0 fully saturated rings. The Morgan fingerprint density at radius 1 is 1.13 bits per heavy atom. The van der Waals surface area contributed by atoms with Crippen molar-refractivity contribution in [2.24, 2.45) is 11.3 Å². The molecule has 3 heteroatoms. The molecule has 0 unspecified atom stereocenters. The number of aliphatic hydroxyl groups is 1. The first-order valence-electron chi connectivity index (χ1n) is 8.09. The van der Waals surface area contributed by atoms with E-state index in [0.717, 1.165) is 11.1 Å². The molecule has 3 nitrogen and oxygen atoms in total. The molecule has 0 saturated heterocycles. The number of ketones is 2. The molecule has 0 spiro atoms. The summed E-state index contributed by atoms with van der Waals surface area (Å²) in [6.07, 6.45) is 8.34. The maximum atomic E-state index is 13.1. The normalized spacial score (nSPS) is 16.6. The highest BCUT2D eigenvalue weighted by Crippen LogP contribution is 2.39. The van der Waals surface area contributed by atoms with Gasteiger partial charge in [-0.1, -0.05) is 43.2 Å². The molecule has 1 rings (SSSR count). The summed E-state index contributed by atoms with van der Waals surface area (Å²) < 4.78 is 0. The lowest BCUT2D eigenvalue weighted by molar-refractivity contribution is -0.127. The van der Waals surface area contributed by atoms with Crippen LogP contribution in [0.2, 0.25) is 0 Å². The molecule has 0 bridgehead atoms. The Labute approximate surface area is 139 Å². The van der Waals surface area contributed by atoms with E-state index in [1.54, 1.807) is 19.9 Å². The van der Waals surface area contributed by atoms with E-state index in [4.69, 9.17) is 0 Å². The Morgan fingerprint density at radius 2 is 1.61 bits per heavy atom. The molecule has 0 atom stereocenters. The number of carbonyl (C=O) groups is 2. The van der Waals surface area contributed by atoms with Crippen LogP contribution in [0.1, 0.15) is 54.4 Å². The third-order valence-electron chi connectivity index (χ3n) is 4.02. The molecule has 0 heterocycles. The van der Waals surface area contributed by atoms with Gasteiger partial charge in [0, 0.05) is 5.92 Å². The average molecular weight is 316 g/mol. The fourth-order valence-electron chi connectivity index (χ4n) is 2.47. The number of rotatable bonds is 6. The van der Waals surface area contributed by atoms with Crippen molar-refractivity contribution >= 4 is 11.6 Å². The predicted octanol–water partition coefficient (Wildman–Crippen LogP) is 4.86. The van der Waals surface area contributed by atoms with Gasteiger partial charge in [-0.25, -0.2) is 0 Å². The summed E-state index contributed by atoms with van der Waals surface area (Å²) in [5.41, 5.74) is 1.41. The van der Waals surface area contributed by atoms with Crippen molar-refractivity contribution in [2.75, 3.05) is 0 Å². The van der Waals surface area contributed by atoms with E-state index in [-0.39, 0.29) is 28.8 Å². The van der Waals surface area contributed by atoms with Gasteiger partial charge in [0.1, 0.15) is 11.3 Å². The monoisotopic (exact) mass is 316 g/mol. The molecule has 0 aromatic carbocycles. The minimum absolute atomic E-state index is 0.0492. The third kappa shape index (κ3) is 4.54. The predicted molar refractivity (Wildman–Crippen MR) is 94.2 cm³/mol. The third-order valence-corrected chi connectivity index (χ3v) is 4.02. The number of Topliss-reactive ketones (excluding diaryl/α,β-unsaturated/α-hetero) is 2. The molecular formula is C20H28O3. The van der Waals surface area contributed by atoms with Crippen LogP contribution in [0, 0.1) is 11.3 Å². The van der Waals surface area contributed by atoms with Crippen LogP contribution in [0.25, 0.3) is 0 Å². The standard InChI is InChI=1S/C20H28O3/c1-13(2)7-10-20(11-8-14(3)4)12-9-16(21)17(19(20)23)18(22)15(5)6/h7-9,12,15,21H,10-11H2,1-6H3. The van der Waals surface area contributed by atoms with Crippen LogP contribution >= 0.6 is 0 Å². The highest BCUT2D eigenvalue weighted by molar-refractivity contribution is 6.24. The van der Waals surface area contributed by atoms with Gasteiger partial charge in [0.25, 0.3) is 0 Å². The lowest BCUT2D eigenvalue weighted by Gasteiger charge is -2.31. The van der Waals surface area contributed by atoms with Gasteiger partial charge in [0.15, 0.2) is 11.6 Å². The highest BCUT2D eigenvalue weighted by Gasteiger charge is 2.42. The first-order chi connectivity index (χ1) is 10.6. The topological polar surface area (TPSA) is 54.4 Å². The van der Waals surface area contributed by atoms with E-state index in [1.165, 1.54) is 6.08 Å². The summed E-state index contributed by atoms with van der Waals surface area (Å²) in [6, 6.07) is 0. The molecule has 0 saturated carbocycles. The average Bonchev–Trinajstić information content (AvgIpc) is 2.45. The summed E-state index contributed by atoms with van der Waals surface area (Å²) in [6.45, 7) is 11.4.